The summed E-state index contributed by atoms with van der Waals surface area (Å²) in [7, 11) is 0. The van der Waals surface area contributed by atoms with Gasteiger partial charge < -0.3 is 0 Å². The van der Waals surface area contributed by atoms with Crippen LogP contribution in [-0.4, -0.2) is 23.4 Å². The molecule has 2 heteroatoms. The molecular formula is C21H33NSn. The van der Waals surface area contributed by atoms with E-state index in [1.807, 2.05) is 0 Å². The molecule has 0 aliphatic heterocycles. The van der Waals surface area contributed by atoms with Crippen molar-refractivity contribution in [3.8, 4) is 0 Å². The standard InChI is InChI=1S/C9H6N.3C4H9.Sn/c1-2-6-9-8(4-1)5-3-7-10-9;3*1-3-4-2;/h1-4,6-7H;3*1,3-4H2,2H3;. The molecule has 0 saturated heterocycles. The van der Waals surface area contributed by atoms with E-state index in [1.165, 1.54) is 62.7 Å². The van der Waals surface area contributed by atoms with Gasteiger partial charge >= 0.3 is 147 Å². The normalized spacial score (nSPS) is 12.0. The summed E-state index contributed by atoms with van der Waals surface area (Å²) in [5, 5.41) is 1.47. The van der Waals surface area contributed by atoms with Gasteiger partial charge in [-0.1, -0.05) is 0 Å². The second-order valence-corrected chi connectivity index (χ2v) is 20.1. The maximum absolute atomic E-state index is 4.63. The molecule has 1 aromatic carbocycles. The van der Waals surface area contributed by atoms with E-state index >= 15 is 0 Å². The molecule has 0 aliphatic carbocycles. The fourth-order valence-corrected chi connectivity index (χ4v) is 20.6. The van der Waals surface area contributed by atoms with Crippen molar-refractivity contribution < 1.29 is 0 Å². The van der Waals surface area contributed by atoms with E-state index in [1.54, 1.807) is 3.58 Å². The van der Waals surface area contributed by atoms with Crippen LogP contribution in [0.3, 0.4) is 0 Å². The van der Waals surface area contributed by atoms with Gasteiger partial charge in [-0.3, -0.25) is 0 Å². The molecular weight excluding hydrogens is 385 g/mol. The number of rotatable bonds is 10. The molecule has 126 valence electrons. The molecule has 0 aliphatic rings. The Kier molecular flexibility index (Phi) is 7.88. The maximum atomic E-state index is 4.63. The zero-order valence-electron chi connectivity index (χ0n) is 15.3. The monoisotopic (exact) mass is 419 g/mol. The predicted molar refractivity (Wildman–Crippen MR) is 106 cm³/mol. The summed E-state index contributed by atoms with van der Waals surface area (Å²) in [5.41, 5.74) is 1.20. The van der Waals surface area contributed by atoms with Crippen LogP contribution in [0.5, 0.6) is 0 Å². The van der Waals surface area contributed by atoms with E-state index in [0.717, 1.165) is 0 Å². The van der Waals surface area contributed by atoms with Gasteiger partial charge in [0.25, 0.3) is 0 Å². The average molecular weight is 418 g/mol. The van der Waals surface area contributed by atoms with Gasteiger partial charge in [-0.15, -0.1) is 0 Å². The van der Waals surface area contributed by atoms with E-state index in [-0.39, 0.29) is 0 Å². The van der Waals surface area contributed by atoms with Gasteiger partial charge in [0.2, 0.25) is 0 Å². The Morgan fingerprint density at radius 1 is 0.783 bits per heavy atom. The van der Waals surface area contributed by atoms with Crippen LogP contribution in [0.1, 0.15) is 59.3 Å². The quantitative estimate of drug-likeness (QED) is 0.414. The molecule has 2 rings (SSSR count). The van der Waals surface area contributed by atoms with Crippen molar-refractivity contribution in [2.75, 3.05) is 0 Å². The zero-order chi connectivity index (χ0) is 16.5. The summed E-state index contributed by atoms with van der Waals surface area (Å²) >= 11 is -2.35. The number of hydrogen-bond donors (Lipinski definition) is 0. The van der Waals surface area contributed by atoms with Gasteiger partial charge in [-0.05, 0) is 0 Å². The summed E-state index contributed by atoms with van der Waals surface area (Å²) < 4.78 is 6.35. The fourth-order valence-electron chi connectivity index (χ4n) is 3.88. The van der Waals surface area contributed by atoms with E-state index in [0.29, 0.717) is 0 Å². The molecule has 0 atom stereocenters. The number of fused-ring (bicyclic) bond motifs is 1. The van der Waals surface area contributed by atoms with Gasteiger partial charge in [0.15, 0.2) is 0 Å². The van der Waals surface area contributed by atoms with Crippen LogP contribution in [0.25, 0.3) is 10.9 Å². The third-order valence-corrected chi connectivity index (χ3v) is 21.0. The third-order valence-electron chi connectivity index (χ3n) is 5.25. The van der Waals surface area contributed by atoms with E-state index in [2.05, 4.69) is 62.3 Å². The molecule has 0 spiro atoms. The molecule has 0 unspecified atom stereocenters. The summed E-state index contributed by atoms with van der Waals surface area (Å²) in [6.07, 6.45) is 10.3. The Labute approximate surface area is 146 Å². The number of aromatic nitrogens is 1. The SMILES string of the molecule is CCC[CH2][Sn]([CH2]CCC)([CH2]CCC)[c]1ccnc2ccccc12. The average Bonchev–Trinajstić information content (AvgIpc) is 2.61. The van der Waals surface area contributed by atoms with Crippen molar-refractivity contribution in [2.24, 2.45) is 0 Å². The molecule has 1 nitrogen and oxygen atoms in total. The molecule has 0 bridgehead atoms. The Morgan fingerprint density at radius 2 is 1.35 bits per heavy atom. The Balaban J connectivity index is 2.51. The predicted octanol–water partition coefficient (Wildman–Crippen LogP) is 6.29. The Bertz CT molecular complexity index is 566. The zero-order valence-corrected chi connectivity index (χ0v) is 18.1. The van der Waals surface area contributed by atoms with E-state index < -0.39 is 18.4 Å². The first-order chi connectivity index (χ1) is 11.3. The fraction of sp³-hybridized carbons (Fsp3) is 0.571. The summed E-state index contributed by atoms with van der Waals surface area (Å²) in [6, 6.07) is 11.2. The van der Waals surface area contributed by atoms with Crippen LogP contribution in [0.15, 0.2) is 36.5 Å². The number of unbranched alkanes of at least 4 members (excludes halogenated alkanes) is 3. The molecule has 2 aromatic rings. The van der Waals surface area contributed by atoms with Crippen molar-refractivity contribution in [3.05, 3.63) is 36.5 Å². The molecule has 0 saturated carbocycles. The van der Waals surface area contributed by atoms with Crippen LogP contribution in [0, 0.1) is 0 Å². The number of pyridine rings is 1. The summed E-state index contributed by atoms with van der Waals surface area (Å²) in [6.45, 7) is 7.04. The van der Waals surface area contributed by atoms with Crippen molar-refractivity contribution in [1.29, 1.82) is 0 Å². The number of hydrogen-bond acceptors (Lipinski definition) is 1. The van der Waals surface area contributed by atoms with Gasteiger partial charge in [0.1, 0.15) is 0 Å². The molecule has 1 heterocycles. The summed E-state index contributed by atoms with van der Waals surface area (Å²) in [4.78, 5) is 4.63. The van der Waals surface area contributed by atoms with Crippen LogP contribution in [0.4, 0.5) is 0 Å². The van der Waals surface area contributed by atoms with Gasteiger partial charge in [-0.2, -0.15) is 0 Å². The van der Waals surface area contributed by atoms with Crippen LogP contribution < -0.4 is 3.58 Å². The molecule has 23 heavy (non-hydrogen) atoms. The Morgan fingerprint density at radius 3 is 1.91 bits per heavy atom. The van der Waals surface area contributed by atoms with Gasteiger partial charge in [0, 0.05) is 0 Å². The molecule has 0 amide bonds. The van der Waals surface area contributed by atoms with Crippen molar-refractivity contribution in [3.63, 3.8) is 0 Å². The second-order valence-electron chi connectivity index (χ2n) is 6.97. The van der Waals surface area contributed by atoms with Crippen molar-refractivity contribution in [1.82, 2.24) is 4.98 Å². The van der Waals surface area contributed by atoms with Crippen LogP contribution >= 0.6 is 0 Å². The van der Waals surface area contributed by atoms with Crippen LogP contribution in [0.2, 0.25) is 13.3 Å². The van der Waals surface area contributed by atoms with E-state index in [9.17, 15) is 0 Å². The first-order valence-electron chi connectivity index (χ1n) is 9.61. The molecule has 0 radical (unpaired) electrons. The van der Waals surface area contributed by atoms with Crippen LogP contribution in [-0.2, 0) is 0 Å². The Hall–Kier alpha value is -0.571. The third kappa shape index (κ3) is 4.71. The summed E-state index contributed by atoms with van der Waals surface area (Å²) in [5.74, 6) is 0. The van der Waals surface area contributed by atoms with Crippen molar-refractivity contribution in [2.45, 2.75) is 72.6 Å². The number of nitrogens with zero attached hydrogens (tertiary/aromatic N) is 1. The number of para-hydroxylation sites is 1. The van der Waals surface area contributed by atoms with Crippen molar-refractivity contribution >= 4 is 32.9 Å². The minimum absolute atomic E-state index is 1.20. The molecule has 0 fully saturated rings. The molecule has 0 N–H and O–H groups in total. The second kappa shape index (κ2) is 9.66. The number of benzene rings is 1. The first-order valence-corrected chi connectivity index (χ1v) is 17.1. The molecule has 1 aromatic heterocycles. The minimum atomic E-state index is -2.35. The topological polar surface area (TPSA) is 12.9 Å². The van der Waals surface area contributed by atoms with Gasteiger partial charge in [-0.25, -0.2) is 0 Å². The first kappa shape index (κ1) is 18.8. The van der Waals surface area contributed by atoms with Gasteiger partial charge in [0.05, 0.1) is 0 Å². The van der Waals surface area contributed by atoms with E-state index in [4.69, 9.17) is 0 Å².